The molecule has 0 amide bonds. The Morgan fingerprint density at radius 2 is 1.72 bits per heavy atom. The monoisotopic (exact) mass is 398 g/mol. The largest absolute Gasteiger partial charge is 0.393 e. The Morgan fingerprint density at radius 3 is 2.45 bits per heavy atom. The van der Waals surface area contributed by atoms with Gasteiger partial charge in [-0.1, -0.05) is 65.3 Å². The molecule has 3 saturated carbocycles. The molecule has 9 atom stereocenters. The highest BCUT2D eigenvalue weighted by atomic mass is 16.3. The molecule has 4 aliphatic carbocycles. The molecule has 3 fully saturated rings. The van der Waals surface area contributed by atoms with Crippen LogP contribution in [-0.4, -0.2) is 11.2 Å². The van der Waals surface area contributed by atoms with Crippen LogP contribution in [0.1, 0.15) is 92.9 Å². The molecule has 1 nitrogen and oxygen atoms in total. The lowest BCUT2D eigenvalue weighted by molar-refractivity contribution is -0.0540. The number of hydrogen-bond acceptors (Lipinski definition) is 1. The third kappa shape index (κ3) is 3.58. The number of rotatable bonds is 4. The third-order valence-corrected chi connectivity index (χ3v) is 10.6. The number of aliphatic hydroxyl groups is 1. The molecule has 0 aromatic carbocycles. The van der Waals surface area contributed by atoms with Gasteiger partial charge in [-0.2, -0.15) is 0 Å². The molecule has 0 aromatic rings. The molecule has 0 aliphatic heterocycles. The van der Waals surface area contributed by atoms with Crippen LogP contribution in [0, 0.1) is 52.3 Å². The van der Waals surface area contributed by atoms with Gasteiger partial charge in [0.15, 0.2) is 0 Å². The van der Waals surface area contributed by atoms with E-state index in [1.54, 1.807) is 5.57 Å². The van der Waals surface area contributed by atoms with Crippen molar-refractivity contribution in [3.63, 3.8) is 0 Å². The summed E-state index contributed by atoms with van der Waals surface area (Å²) in [6.07, 6.45) is 17.7. The Bertz CT molecular complexity index is 659. The summed E-state index contributed by atoms with van der Waals surface area (Å²) >= 11 is 0. The number of allylic oxidation sites excluding steroid dienone is 3. The Labute approximate surface area is 180 Å². The van der Waals surface area contributed by atoms with E-state index in [1.165, 1.54) is 38.5 Å². The van der Waals surface area contributed by atoms with Crippen LogP contribution in [0.4, 0.5) is 0 Å². The number of hydrogen-bond donors (Lipinski definition) is 1. The van der Waals surface area contributed by atoms with Crippen molar-refractivity contribution in [1.82, 2.24) is 0 Å². The molecule has 29 heavy (non-hydrogen) atoms. The topological polar surface area (TPSA) is 20.2 Å². The number of fused-ring (bicyclic) bond motifs is 5. The zero-order valence-corrected chi connectivity index (χ0v) is 20.0. The smallest absolute Gasteiger partial charge is 0.0577 e. The summed E-state index contributed by atoms with van der Waals surface area (Å²) in [4.78, 5) is 0. The molecule has 0 bridgehead atoms. The third-order valence-electron chi connectivity index (χ3n) is 10.6. The standard InChI is InChI=1S/C28H46O/c1-18(2)19(3)7-8-20(4)24-11-12-25-23-10-9-21-17-22(29)13-15-27(21,5)26(23)14-16-28(24,25)6/h7-9,18-20,22-26,29H,10-17H2,1-6H3/b8-7+/t19-,20+,22-,23?,24+,25?,26?,27-,28+/m0/s1. The van der Waals surface area contributed by atoms with Gasteiger partial charge in [0.25, 0.3) is 0 Å². The van der Waals surface area contributed by atoms with Crippen LogP contribution in [0.25, 0.3) is 0 Å². The SMILES string of the molecule is CC(C)[C@@H](C)/C=C/[C@@H](C)[C@H]1CCC2C3CC=C4C[C@@H](O)CC[C@]4(C)C3CC[C@@]21C. The van der Waals surface area contributed by atoms with Crippen LogP contribution in [0.2, 0.25) is 0 Å². The first-order chi connectivity index (χ1) is 13.7. The Balaban J connectivity index is 1.53. The van der Waals surface area contributed by atoms with E-state index in [4.69, 9.17) is 0 Å². The molecule has 164 valence electrons. The quantitative estimate of drug-likeness (QED) is 0.489. The molecular weight excluding hydrogens is 352 g/mol. The zero-order valence-electron chi connectivity index (χ0n) is 20.0. The molecule has 0 spiro atoms. The second-order valence-electron chi connectivity index (χ2n) is 12.2. The van der Waals surface area contributed by atoms with Crippen molar-refractivity contribution in [2.24, 2.45) is 52.3 Å². The average molecular weight is 399 g/mol. The Kier molecular flexibility index (Phi) is 5.86. The van der Waals surface area contributed by atoms with Crippen LogP contribution in [0.3, 0.4) is 0 Å². The lowest BCUT2D eigenvalue weighted by Gasteiger charge is -2.58. The fraction of sp³-hybridized carbons (Fsp3) is 0.857. The van der Waals surface area contributed by atoms with E-state index in [9.17, 15) is 5.11 Å². The van der Waals surface area contributed by atoms with Crippen LogP contribution >= 0.6 is 0 Å². The summed E-state index contributed by atoms with van der Waals surface area (Å²) in [5.74, 6) is 5.63. The van der Waals surface area contributed by atoms with Gasteiger partial charge in [0.05, 0.1) is 6.10 Å². The Morgan fingerprint density at radius 1 is 0.966 bits per heavy atom. The van der Waals surface area contributed by atoms with E-state index in [-0.39, 0.29) is 6.10 Å². The van der Waals surface area contributed by atoms with Crippen molar-refractivity contribution < 1.29 is 5.11 Å². The molecule has 0 heterocycles. The fourth-order valence-electron chi connectivity index (χ4n) is 8.25. The molecule has 0 saturated heterocycles. The van der Waals surface area contributed by atoms with Gasteiger partial charge >= 0.3 is 0 Å². The van der Waals surface area contributed by atoms with E-state index >= 15 is 0 Å². The minimum atomic E-state index is -0.0866. The van der Waals surface area contributed by atoms with Gasteiger partial charge in [-0.15, -0.1) is 0 Å². The molecule has 4 aliphatic rings. The van der Waals surface area contributed by atoms with Crippen LogP contribution in [0.15, 0.2) is 23.8 Å². The molecule has 3 unspecified atom stereocenters. The minimum absolute atomic E-state index is 0.0866. The van der Waals surface area contributed by atoms with Gasteiger partial charge in [0, 0.05) is 0 Å². The maximum atomic E-state index is 10.2. The highest BCUT2D eigenvalue weighted by Gasteiger charge is 2.58. The lowest BCUT2D eigenvalue weighted by Crippen LogP contribution is -2.50. The van der Waals surface area contributed by atoms with E-state index in [1.807, 2.05) is 0 Å². The molecule has 1 heteroatoms. The minimum Gasteiger partial charge on any atom is -0.393 e. The molecular formula is C28H46O. The van der Waals surface area contributed by atoms with Crippen molar-refractivity contribution in [2.75, 3.05) is 0 Å². The van der Waals surface area contributed by atoms with Crippen LogP contribution < -0.4 is 0 Å². The van der Waals surface area contributed by atoms with E-state index in [0.29, 0.717) is 22.7 Å². The van der Waals surface area contributed by atoms with Crippen molar-refractivity contribution >= 4 is 0 Å². The predicted octanol–water partition coefficient (Wildman–Crippen LogP) is 7.41. The lowest BCUT2D eigenvalue weighted by atomic mass is 9.47. The molecule has 0 aromatic heterocycles. The molecule has 4 rings (SSSR count). The van der Waals surface area contributed by atoms with E-state index in [2.05, 4.69) is 59.8 Å². The predicted molar refractivity (Wildman–Crippen MR) is 124 cm³/mol. The van der Waals surface area contributed by atoms with Crippen molar-refractivity contribution in [3.8, 4) is 0 Å². The van der Waals surface area contributed by atoms with Gasteiger partial charge in [0.2, 0.25) is 0 Å². The van der Waals surface area contributed by atoms with Gasteiger partial charge in [0.1, 0.15) is 0 Å². The second kappa shape index (κ2) is 7.85. The summed E-state index contributed by atoms with van der Waals surface area (Å²) < 4.78 is 0. The normalized spacial score (nSPS) is 46.8. The average Bonchev–Trinajstić information content (AvgIpc) is 3.03. The van der Waals surface area contributed by atoms with Gasteiger partial charge < -0.3 is 5.11 Å². The maximum absolute atomic E-state index is 10.2. The molecule has 1 N–H and O–H groups in total. The van der Waals surface area contributed by atoms with Gasteiger partial charge in [-0.25, -0.2) is 0 Å². The summed E-state index contributed by atoms with van der Waals surface area (Å²) in [6.45, 7) is 14.7. The van der Waals surface area contributed by atoms with Crippen LogP contribution in [-0.2, 0) is 0 Å². The summed E-state index contributed by atoms with van der Waals surface area (Å²) in [5, 5.41) is 10.2. The second-order valence-corrected chi connectivity index (χ2v) is 12.2. The highest BCUT2D eigenvalue weighted by molar-refractivity contribution is 5.25. The first-order valence-electron chi connectivity index (χ1n) is 12.7. The van der Waals surface area contributed by atoms with E-state index < -0.39 is 0 Å². The first-order valence-corrected chi connectivity index (χ1v) is 12.7. The highest BCUT2D eigenvalue weighted by Crippen LogP contribution is 2.67. The maximum Gasteiger partial charge on any atom is 0.0577 e. The zero-order chi connectivity index (χ0) is 21.0. The summed E-state index contributed by atoms with van der Waals surface area (Å²) in [6, 6.07) is 0. The summed E-state index contributed by atoms with van der Waals surface area (Å²) in [7, 11) is 0. The van der Waals surface area contributed by atoms with Crippen molar-refractivity contribution in [1.29, 1.82) is 0 Å². The van der Waals surface area contributed by atoms with Crippen LogP contribution in [0.5, 0.6) is 0 Å². The first kappa shape index (κ1) is 21.7. The fourth-order valence-corrected chi connectivity index (χ4v) is 8.25. The van der Waals surface area contributed by atoms with Crippen molar-refractivity contribution in [3.05, 3.63) is 23.8 Å². The molecule has 0 radical (unpaired) electrons. The summed E-state index contributed by atoms with van der Waals surface area (Å²) in [5.41, 5.74) is 2.51. The number of aliphatic hydroxyl groups excluding tert-OH is 1. The van der Waals surface area contributed by atoms with Gasteiger partial charge in [-0.05, 0) is 104 Å². The van der Waals surface area contributed by atoms with E-state index in [0.717, 1.165) is 42.4 Å². The van der Waals surface area contributed by atoms with Gasteiger partial charge in [-0.3, -0.25) is 0 Å². The van der Waals surface area contributed by atoms with Crippen molar-refractivity contribution in [2.45, 2.75) is 99.0 Å². The Hall–Kier alpha value is -0.560.